The lowest BCUT2D eigenvalue weighted by atomic mass is 10.2. The van der Waals surface area contributed by atoms with E-state index in [1.165, 1.54) is 26.2 Å². The minimum atomic E-state index is -0.328. The van der Waals surface area contributed by atoms with Gasteiger partial charge in [0.15, 0.2) is 0 Å². The van der Waals surface area contributed by atoms with Crippen LogP contribution >= 0.6 is 0 Å². The second-order valence-electron chi connectivity index (χ2n) is 3.77. The summed E-state index contributed by atoms with van der Waals surface area (Å²) in [5.74, 6) is -0.225. The second kappa shape index (κ2) is 4.37. The van der Waals surface area contributed by atoms with E-state index < -0.39 is 0 Å². The zero-order valence-electron chi connectivity index (χ0n) is 7.94. The lowest BCUT2D eigenvalue weighted by molar-refractivity contribution is -0.151. The fraction of sp³-hybridized carbons (Fsp3) is 0.889. The Morgan fingerprint density at radius 3 is 1.55 bits per heavy atom. The van der Waals surface area contributed by atoms with Crippen LogP contribution in [0.25, 0.3) is 0 Å². The van der Waals surface area contributed by atoms with Crippen LogP contribution in [0.15, 0.2) is 0 Å². The molecule has 0 aromatic carbocycles. The fourth-order valence-electron chi connectivity index (χ4n) is 0.431. The van der Waals surface area contributed by atoms with Gasteiger partial charge in [-0.3, -0.25) is 4.79 Å². The van der Waals surface area contributed by atoms with Crippen molar-refractivity contribution in [2.45, 2.75) is 52.6 Å². The van der Waals surface area contributed by atoms with Gasteiger partial charge >= 0.3 is 5.97 Å². The van der Waals surface area contributed by atoms with Crippen LogP contribution in [0.4, 0.5) is 0 Å². The van der Waals surface area contributed by atoms with Crippen LogP contribution in [0.3, 0.4) is 0 Å². The van der Waals surface area contributed by atoms with Gasteiger partial charge in [-0.2, -0.15) is 0 Å². The van der Waals surface area contributed by atoms with Crippen LogP contribution < -0.4 is 0 Å². The molecule has 1 rings (SSSR count). The Kier molecular flexibility index (Phi) is 4.16. The summed E-state index contributed by atoms with van der Waals surface area (Å²) in [6, 6.07) is 0. The molecule has 1 saturated carbocycles. The van der Waals surface area contributed by atoms with Crippen molar-refractivity contribution in [1.82, 2.24) is 0 Å². The van der Waals surface area contributed by atoms with Gasteiger partial charge in [0.25, 0.3) is 0 Å². The molecule has 11 heavy (non-hydrogen) atoms. The highest BCUT2D eigenvalue weighted by Gasteiger charge is 2.11. The monoisotopic (exact) mass is 158 g/mol. The predicted octanol–water partition coefficient (Wildman–Crippen LogP) is 2.52. The van der Waals surface area contributed by atoms with Gasteiger partial charge < -0.3 is 4.74 Å². The summed E-state index contributed by atoms with van der Waals surface area (Å²) in [4.78, 5) is 10.2. The average molecular weight is 158 g/mol. The number of hydrogen-bond donors (Lipinski definition) is 0. The third-order valence-corrected chi connectivity index (χ3v) is 0.803. The van der Waals surface area contributed by atoms with E-state index in [1.54, 1.807) is 0 Å². The maximum absolute atomic E-state index is 10.2. The molecule has 0 amide bonds. The number of esters is 1. The molecular formula is C9H18O2. The predicted molar refractivity (Wildman–Crippen MR) is 45.4 cm³/mol. The Balaban J connectivity index is 0.000000271. The first kappa shape index (κ1) is 10.5. The highest BCUT2D eigenvalue weighted by molar-refractivity contribution is 5.66. The maximum Gasteiger partial charge on any atom is 0.303 e. The van der Waals surface area contributed by atoms with E-state index >= 15 is 0 Å². The molecule has 0 aromatic heterocycles. The smallest absolute Gasteiger partial charge is 0.303 e. The van der Waals surface area contributed by atoms with E-state index in [9.17, 15) is 4.79 Å². The van der Waals surface area contributed by atoms with E-state index in [2.05, 4.69) is 0 Å². The molecule has 1 aliphatic carbocycles. The minimum Gasteiger partial charge on any atom is -0.460 e. The Labute approximate surface area is 68.9 Å². The van der Waals surface area contributed by atoms with Crippen molar-refractivity contribution in [2.75, 3.05) is 0 Å². The Morgan fingerprint density at radius 1 is 1.18 bits per heavy atom. The van der Waals surface area contributed by atoms with Gasteiger partial charge in [0, 0.05) is 6.92 Å². The third kappa shape index (κ3) is 17.7. The molecule has 0 aliphatic heterocycles. The second-order valence-corrected chi connectivity index (χ2v) is 3.77. The molecule has 0 atom stereocenters. The van der Waals surface area contributed by atoms with Crippen molar-refractivity contribution >= 4 is 5.97 Å². The summed E-state index contributed by atoms with van der Waals surface area (Å²) >= 11 is 0. The third-order valence-electron chi connectivity index (χ3n) is 0.803. The highest BCUT2D eigenvalue weighted by atomic mass is 16.6. The Hall–Kier alpha value is -0.530. The molecule has 2 heteroatoms. The topological polar surface area (TPSA) is 26.3 Å². The standard InChI is InChI=1S/C6H12O2.C3H6/c1-5(7)8-6(2,3)4;1-2-3-1/h1-4H3;1-3H2. The fourth-order valence-corrected chi connectivity index (χ4v) is 0.431. The summed E-state index contributed by atoms with van der Waals surface area (Å²) in [5.41, 5.74) is -0.328. The van der Waals surface area contributed by atoms with Crippen molar-refractivity contribution in [3.05, 3.63) is 0 Å². The van der Waals surface area contributed by atoms with E-state index in [4.69, 9.17) is 4.74 Å². The number of ether oxygens (including phenoxy) is 1. The first-order chi connectivity index (χ1) is 4.92. The molecule has 0 spiro atoms. The van der Waals surface area contributed by atoms with Crippen LogP contribution in [0.1, 0.15) is 47.0 Å². The van der Waals surface area contributed by atoms with Crippen molar-refractivity contribution < 1.29 is 9.53 Å². The Morgan fingerprint density at radius 2 is 1.55 bits per heavy atom. The van der Waals surface area contributed by atoms with Gasteiger partial charge in [-0.15, -0.1) is 0 Å². The molecule has 0 N–H and O–H groups in total. The van der Waals surface area contributed by atoms with Crippen molar-refractivity contribution in [3.8, 4) is 0 Å². The van der Waals surface area contributed by atoms with Crippen molar-refractivity contribution in [1.29, 1.82) is 0 Å². The van der Waals surface area contributed by atoms with Gasteiger partial charge in [-0.1, -0.05) is 19.3 Å². The molecule has 0 aromatic rings. The summed E-state index contributed by atoms with van der Waals surface area (Å²) in [6.07, 6.45) is 4.50. The summed E-state index contributed by atoms with van der Waals surface area (Å²) in [5, 5.41) is 0. The highest BCUT2D eigenvalue weighted by Crippen LogP contribution is 2.14. The average Bonchev–Trinajstić information content (AvgIpc) is 2.33. The lowest BCUT2D eigenvalue weighted by Gasteiger charge is -2.17. The van der Waals surface area contributed by atoms with Crippen LogP contribution in [0, 0.1) is 0 Å². The first-order valence-corrected chi connectivity index (χ1v) is 4.11. The molecule has 0 bridgehead atoms. The molecule has 0 unspecified atom stereocenters. The van der Waals surface area contributed by atoms with Crippen LogP contribution in [-0.2, 0) is 9.53 Å². The zero-order chi connectivity index (χ0) is 8.91. The number of carbonyl (C=O) groups is 1. The summed E-state index contributed by atoms with van der Waals surface area (Å²) < 4.78 is 4.80. The molecule has 0 saturated heterocycles. The summed E-state index contributed by atoms with van der Waals surface area (Å²) in [6.45, 7) is 6.93. The van der Waals surface area contributed by atoms with Crippen LogP contribution in [0.5, 0.6) is 0 Å². The van der Waals surface area contributed by atoms with E-state index in [0.717, 1.165) is 0 Å². The first-order valence-electron chi connectivity index (χ1n) is 4.11. The van der Waals surface area contributed by atoms with Gasteiger partial charge in [-0.25, -0.2) is 0 Å². The van der Waals surface area contributed by atoms with E-state index in [0.29, 0.717) is 0 Å². The SMILES string of the molecule is C1CC1.CC(=O)OC(C)(C)C. The molecule has 1 aliphatic rings. The van der Waals surface area contributed by atoms with Gasteiger partial charge in [0.05, 0.1) is 0 Å². The molecule has 66 valence electrons. The van der Waals surface area contributed by atoms with Gasteiger partial charge in [0.2, 0.25) is 0 Å². The number of hydrogen-bond acceptors (Lipinski definition) is 2. The van der Waals surface area contributed by atoms with E-state index in [-0.39, 0.29) is 11.6 Å². The largest absolute Gasteiger partial charge is 0.460 e. The zero-order valence-corrected chi connectivity index (χ0v) is 7.94. The van der Waals surface area contributed by atoms with E-state index in [1.807, 2.05) is 20.8 Å². The maximum atomic E-state index is 10.2. The lowest BCUT2D eigenvalue weighted by Crippen LogP contribution is -2.21. The van der Waals surface area contributed by atoms with Crippen LogP contribution in [-0.4, -0.2) is 11.6 Å². The molecular weight excluding hydrogens is 140 g/mol. The number of carbonyl (C=O) groups excluding carboxylic acids is 1. The molecule has 1 fully saturated rings. The van der Waals surface area contributed by atoms with Gasteiger partial charge in [-0.05, 0) is 20.8 Å². The van der Waals surface area contributed by atoms with Gasteiger partial charge in [0.1, 0.15) is 5.60 Å². The van der Waals surface area contributed by atoms with Crippen molar-refractivity contribution in [3.63, 3.8) is 0 Å². The molecule has 2 nitrogen and oxygen atoms in total. The quantitative estimate of drug-likeness (QED) is 0.506. The number of rotatable bonds is 0. The molecule has 0 radical (unpaired) electrons. The Bertz CT molecular complexity index is 117. The molecule has 0 heterocycles. The van der Waals surface area contributed by atoms with Crippen molar-refractivity contribution in [2.24, 2.45) is 0 Å². The normalized spacial score (nSPS) is 14.5. The summed E-state index contributed by atoms with van der Waals surface area (Å²) in [7, 11) is 0. The minimum absolute atomic E-state index is 0.225. The van der Waals surface area contributed by atoms with Crippen LogP contribution in [0.2, 0.25) is 0 Å².